The topological polar surface area (TPSA) is 111 Å². The van der Waals surface area contributed by atoms with Crippen molar-refractivity contribution < 1.29 is 18.1 Å². The number of benzene rings is 2. The van der Waals surface area contributed by atoms with E-state index in [0.717, 1.165) is 17.4 Å². The summed E-state index contributed by atoms with van der Waals surface area (Å²) in [5, 5.41) is 14.8. The van der Waals surface area contributed by atoms with Gasteiger partial charge in [0.2, 0.25) is 10.0 Å². The van der Waals surface area contributed by atoms with E-state index >= 15 is 0 Å². The molecular formula is C20H27N3O5S. The van der Waals surface area contributed by atoms with Gasteiger partial charge in [0.1, 0.15) is 11.4 Å². The fourth-order valence-corrected chi connectivity index (χ4v) is 4.30. The lowest BCUT2D eigenvalue weighted by atomic mass is 10.0. The Morgan fingerprint density at radius 2 is 1.76 bits per heavy atom. The van der Waals surface area contributed by atoms with Gasteiger partial charge >= 0.3 is 0 Å². The van der Waals surface area contributed by atoms with Crippen LogP contribution in [0.3, 0.4) is 0 Å². The van der Waals surface area contributed by atoms with Crippen LogP contribution >= 0.6 is 0 Å². The number of nitro groups is 1. The van der Waals surface area contributed by atoms with Crippen molar-refractivity contribution >= 4 is 21.4 Å². The molecule has 0 aliphatic rings. The average molecular weight is 422 g/mol. The maximum absolute atomic E-state index is 12.5. The summed E-state index contributed by atoms with van der Waals surface area (Å²) >= 11 is 0. The van der Waals surface area contributed by atoms with Crippen molar-refractivity contribution in [1.29, 1.82) is 0 Å². The van der Waals surface area contributed by atoms with Gasteiger partial charge in [0.15, 0.2) is 0 Å². The van der Waals surface area contributed by atoms with Gasteiger partial charge in [-0.05, 0) is 57.0 Å². The van der Waals surface area contributed by atoms with Crippen LogP contribution in [-0.4, -0.2) is 26.0 Å². The van der Waals surface area contributed by atoms with Crippen molar-refractivity contribution in [3.8, 4) is 5.75 Å². The molecule has 9 heteroatoms. The van der Waals surface area contributed by atoms with Crippen molar-refractivity contribution in [2.24, 2.45) is 0 Å². The zero-order valence-corrected chi connectivity index (χ0v) is 18.0. The second-order valence-electron chi connectivity index (χ2n) is 7.67. The molecule has 0 aliphatic heterocycles. The molecule has 2 N–H and O–H groups in total. The number of nitrogens with one attached hydrogen (secondary N) is 2. The molecule has 2 aromatic rings. The summed E-state index contributed by atoms with van der Waals surface area (Å²) in [7, 11) is -2.30. The number of methoxy groups -OCH3 is 1. The lowest BCUT2D eigenvalue weighted by molar-refractivity contribution is -0.384. The third kappa shape index (κ3) is 5.91. The molecule has 2 rings (SSSR count). The Bertz CT molecular complexity index is 967. The first kappa shape index (κ1) is 22.6. The van der Waals surface area contributed by atoms with Crippen LogP contribution in [0, 0.1) is 10.1 Å². The molecule has 0 bridgehead atoms. The minimum Gasteiger partial charge on any atom is -0.497 e. The van der Waals surface area contributed by atoms with Gasteiger partial charge in [-0.1, -0.05) is 19.1 Å². The molecule has 0 radical (unpaired) electrons. The van der Waals surface area contributed by atoms with Gasteiger partial charge in [0, 0.05) is 11.6 Å². The zero-order chi connectivity index (χ0) is 21.8. The summed E-state index contributed by atoms with van der Waals surface area (Å²) < 4.78 is 32.7. The number of sulfonamides is 1. The molecule has 0 fully saturated rings. The maximum atomic E-state index is 12.5. The molecule has 1 atom stereocenters. The standard InChI is InChI=1S/C20H27N3O5S/c1-6-17(14-7-9-15(28-5)10-8-14)21-18-12-11-16(13-19(18)23(24)25)29(26,27)22-20(2,3)4/h7-13,17,21-22H,6H2,1-5H3/t17-/m1/s1. The van der Waals surface area contributed by atoms with Gasteiger partial charge in [0.05, 0.1) is 23.0 Å². The van der Waals surface area contributed by atoms with Gasteiger partial charge in [-0.2, -0.15) is 0 Å². The maximum Gasteiger partial charge on any atom is 0.293 e. The van der Waals surface area contributed by atoms with Crippen molar-refractivity contribution in [3.05, 3.63) is 58.1 Å². The first-order valence-electron chi connectivity index (χ1n) is 9.19. The highest BCUT2D eigenvalue weighted by molar-refractivity contribution is 7.89. The molecule has 0 aliphatic carbocycles. The molecule has 0 aromatic heterocycles. The minimum absolute atomic E-state index is 0.151. The third-order valence-electron chi connectivity index (χ3n) is 4.17. The van der Waals surface area contributed by atoms with Crippen LogP contribution in [-0.2, 0) is 10.0 Å². The van der Waals surface area contributed by atoms with E-state index in [9.17, 15) is 18.5 Å². The zero-order valence-electron chi connectivity index (χ0n) is 17.2. The Balaban J connectivity index is 2.38. The molecule has 0 saturated carbocycles. The minimum atomic E-state index is -3.88. The first-order chi connectivity index (χ1) is 13.5. The van der Waals surface area contributed by atoms with E-state index in [-0.39, 0.29) is 22.3 Å². The molecule has 0 amide bonds. The van der Waals surface area contributed by atoms with Gasteiger partial charge < -0.3 is 10.1 Å². The van der Waals surface area contributed by atoms with Crippen molar-refractivity contribution in [2.45, 2.75) is 50.6 Å². The molecule has 0 heterocycles. The first-order valence-corrected chi connectivity index (χ1v) is 10.7. The number of nitrogens with zero attached hydrogens (tertiary/aromatic N) is 1. The SMILES string of the molecule is CC[C@@H](Nc1ccc(S(=O)(=O)NC(C)(C)C)cc1[N+](=O)[O-])c1ccc(OC)cc1. The fourth-order valence-electron chi connectivity index (χ4n) is 2.86. The van der Waals surface area contributed by atoms with E-state index in [0.29, 0.717) is 6.42 Å². The monoisotopic (exact) mass is 421 g/mol. The van der Waals surface area contributed by atoms with E-state index in [2.05, 4.69) is 10.0 Å². The average Bonchev–Trinajstić information content (AvgIpc) is 2.64. The van der Waals surface area contributed by atoms with E-state index in [1.165, 1.54) is 12.1 Å². The summed E-state index contributed by atoms with van der Waals surface area (Å²) in [6, 6.07) is 11.1. The second kappa shape index (κ2) is 8.79. The molecule has 29 heavy (non-hydrogen) atoms. The van der Waals surface area contributed by atoms with E-state index in [1.54, 1.807) is 27.9 Å². The summed E-state index contributed by atoms with van der Waals surface area (Å²) in [6.45, 7) is 7.07. The highest BCUT2D eigenvalue weighted by Gasteiger charge is 2.26. The Morgan fingerprint density at radius 3 is 2.24 bits per heavy atom. The Hall–Kier alpha value is -2.65. The van der Waals surface area contributed by atoms with Crippen LogP contribution in [0.15, 0.2) is 47.4 Å². The highest BCUT2D eigenvalue weighted by atomic mass is 32.2. The third-order valence-corrected chi connectivity index (χ3v) is 5.93. The van der Waals surface area contributed by atoms with Gasteiger partial charge in [-0.15, -0.1) is 0 Å². The molecular weight excluding hydrogens is 394 g/mol. The van der Waals surface area contributed by atoms with Crippen LogP contribution in [0.25, 0.3) is 0 Å². The fraction of sp³-hybridized carbons (Fsp3) is 0.400. The summed E-state index contributed by atoms with van der Waals surface area (Å²) in [5.74, 6) is 0.718. The predicted molar refractivity (Wildman–Crippen MR) is 113 cm³/mol. The Kier molecular flexibility index (Phi) is 6.86. The lowest BCUT2D eigenvalue weighted by Crippen LogP contribution is -2.40. The largest absolute Gasteiger partial charge is 0.497 e. The van der Waals surface area contributed by atoms with Crippen molar-refractivity contribution in [3.63, 3.8) is 0 Å². The van der Waals surface area contributed by atoms with E-state index < -0.39 is 20.5 Å². The Morgan fingerprint density at radius 1 is 1.14 bits per heavy atom. The number of ether oxygens (including phenoxy) is 1. The lowest BCUT2D eigenvalue weighted by Gasteiger charge is -2.21. The van der Waals surface area contributed by atoms with Crippen LogP contribution in [0.4, 0.5) is 11.4 Å². The van der Waals surface area contributed by atoms with Gasteiger partial charge in [-0.3, -0.25) is 10.1 Å². The van der Waals surface area contributed by atoms with Crippen LogP contribution in [0.1, 0.15) is 45.7 Å². The highest BCUT2D eigenvalue weighted by Crippen LogP contribution is 2.32. The van der Waals surface area contributed by atoms with Crippen LogP contribution in [0.5, 0.6) is 5.75 Å². The number of hydrogen-bond acceptors (Lipinski definition) is 6. The van der Waals surface area contributed by atoms with Crippen molar-refractivity contribution in [2.75, 3.05) is 12.4 Å². The normalized spacial score (nSPS) is 13.0. The molecule has 158 valence electrons. The molecule has 8 nitrogen and oxygen atoms in total. The van der Waals surface area contributed by atoms with E-state index in [4.69, 9.17) is 4.74 Å². The number of hydrogen-bond donors (Lipinski definition) is 2. The predicted octanol–water partition coefficient (Wildman–Crippen LogP) is 4.24. The van der Waals surface area contributed by atoms with Crippen LogP contribution in [0.2, 0.25) is 0 Å². The van der Waals surface area contributed by atoms with Gasteiger partial charge in [0.25, 0.3) is 5.69 Å². The number of rotatable bonds is 8. The molecule has 2 aromatic carbocycles. The molecule has 0 spiro atoms. The van der Waals surface area contributed by atoms with E-state index in [1.807, 2.05) is 31.2 Å². The second-order valence-corrected chi connectivity index (χ2v) is 9.35. The number of nitro benzene ring substituents is 1. The molecule has 0 saturated heterocycles. The number of anilines is 1. The Labute approximate surface area is 171 Å². The summed E-state index contributed by atoms with van der Waals surface area (Å²) in [5.41, 5.74) is 0.196. The van der Waals surface area contributed by atoms with Crippen LogP contribution < -0.4 is 14.8 Å². The summed E-state index contributed by atoms with van der Waals surface area (Å²) in [6.07, 6.45) is 0.676. The smallest absolute Gasteiger partial charge is 0.293 e. The van der Waals surface area contributed by atoms with Crippen molar-refractivity contribution in [1.82, 2.24) is 4.72 Å². The van der Waals surface area contributed by atoms with Gasteiger partial charge in [-0.25, -0.2) is 13.1 Å². The quantitative estimate of drug-likeness (QED) is 0.487. The summed E-state index contributed by atoms with van der Waals surface area (Å²) in [4.78, 5) is 10.9. The molecule has 0 unspecified atom stereocenters.